The zero-order valence-corrected chi connectivity index (χ0v) is 17.2. The van der Waals surface area contributed by atoms with E-state index in [-0.39, 0.29) is 24.0 Å². The molecule has 1 aromatic rings. The molecule has 1 N–H and O–H groups in total. The molecule has 2 aliphatic heterocycles. The van der Waals surface area contributed by atoms with Crippen molar-refractivity contribution in [1.29, 1.82) is 0 Å². The zero-order valence-electron chi connectivity index (χ0n) is 17.2. The van der Waals surface area contributed by atoms with E-state index >= 15 is 0 Å². The summed E-state index contributed by atoms with van der Waals surface area (Å²) < 4.78 is 5.32. The molecule has 3 rings (SSSR count). The lowest BCUT2D eigenvalue weighted by atomic mass is 9.98. The topological polar surface area (TPSA) is 65.1 Å². The van der Waals surface area contributed by atoms with Crippen LogP contribution in [0.3, 0.4) is 0 Å². The molecular weight excluding hydrogens is 356 g/mol. The standard InChI is InChI=1S/C21H32N4O3/c1-16-6-4-5-7-18(16)19(23(2)3)20(26)22-17-8-10-24(11-9-17)21(27)25-12-14-28-15-13-25/h4-7,17,19H,8-15H2,1-3H3,(H,22,26)/t19-/m0/s1. The number of likely N-dealkylation sites (N-methyl/N-ethyl adjacent to an activating group) is 1. The Balaban J connectivity index is 1.55. The van der Waals surface area contributed by atoms with Gasteiger partial charge in [0.05, 0.1) is 13.2 Å². The summed E-state index contributed by atoms with van der Waals surface area (Å²) in [6.07, 6.45) is 1.57. The highest BCUT2D eigenvalue weighted by Crippen LogP contribution is 2.23. The molecule has 0 bridgehead atoms. The number of morpholine rings is 1. The molecule has 0 aliphatic carbocycles. The predicted octanol–water partition coefficient (Wildman–Crippen LogP) is 1.63. The van der Waals surface area contributed by atoms with E-state index in [4.69, 9.17) is 4.74 Å². The number of likely N-dealkylation sites (tertiary alicyclic amines) is 1. The number of hydrogen-bond donors (Lipinski definition) is 1. The van der Waals surface area contributed by atoms with Crippen molar-refractivity contribution in [2.24, 2.45) is 0 Å². The molecule has 7 nitrogen and oxygen atoms in total. The second-order valence-corrected chi connectivity index (χ2v) is 7.87. The molecule has 2 saturated heterocycles. The van der Waals surface area contributed by atoms with E-state index < -0.39 is 0 Å². The molecule has 0 aromatic heterocycles. The molecule has 0 saturated carbocycles. The van der Waals surface area contributed by atoms with Gasteiger partial charge in [0.2, 0.25) is 5.91 Å². The summed E-state index contributed by atoms with van der Waals surface area (Å²) in [6, 6.07) is 7.91. The highest BCUT2D eigenvalue weighted by Gasteiger charge is 2.30. The first-order valence-electron chi connectivity index (χ1n) is 10.1. The summed E-state index contributed by atoms with van der Waals surface area (Å²) in [4.78, 5) is 31.3. The van der Waals surface area contributed by atoms with Crippen LogP contribution in [0.1, 0.15) is 30.0 Å². The molecule has 2 aliphatic rings. The van der Waals surface area contributed by atoms with E-state index in [1.807, 2.05) is 60.0 Å². The number of aryl methyl sites for hydroxylation is 1. The number of nitrogens with one attached hydrogen (secondary N) is 1. The van der Waals surface area contributed by atoms with Crippen LogP contribution in [0.5, 0.6) is 0 Å². The van der Waals surface area contributed by atoms with Crippen LogP contribution in [0.4, 0.5) is 4.79 Å². The Morgan fingerprint density at radius 3 is 2.29 bits per heavy atom. The molecule has 2 heterocycles. The number of hydrogen-bond acceptors (Lipinski definition) is 4. The molecule has 0 unspecified atom stereocenters. The fraction of sp³-hybridized carbons (Fsp3) is 0.619. The lowest BCUT2D eigenvalue weighted by molar-refractivity contribution is -0.126. The van der Waals surface area contributed by atoms with Crippen LogP contribution in [0.15, 0.2) is 24.3 Å². The van der Waals surface area contributed by atoms with E-state index in [9.17, 15) is 9.59 Å². The lowest BCUT2D eigenvalue weighted by Crippen LogP contribution is -2.53. The fourth-order valence-electron chi connectivity index (χ4n) is 4.00. The minimum Gasteiger partial charge on any atom is -0.378 e. The van der Waals surface area contributed by atoms with Gasteiger partial charge in [-0.3, -0.25) is 9.69 Å². The number of nitrogens with zero attached hydrogens (tertiary/aromatic N) is 3. The summed E-state index contributed by atoms with van der Waals surface area (Å²) in [5.74, 6) is 0.0252. The number of urea groups is 1. The van der Waals surface area contributed by atoms with Crippen LogP contribution in [0, 0.1) is 6.92 Å². The van der Waals surface area contributed by atoms with E-state index in [1.165, 1.54) is 0 Å². The van der Waals surface area contributed by atoms with E-state index in [1.54, 1.807) is 0 Å². The third-order valence-electron chi connectivity index (χ3n) is 5.64. The average molecular weight is 389 g/mol. The Morgan fingerprint density at radius 1 is 1.07 bits per heavy atom. The van der Waals surface area contributed by atoms with Crippen molar-refractivity contribution in [3.63, 3.8) is 0 Å². The number of ether oxygens (including phenoxy) is 1. The van der Waals surface area contributed by atoms with E-state index in [2.05, 4.69) is 5.32 Å². The molecular formula is C21H32N4O3. The Labute approximate surface area is 167 Å². The highest BCUT2D eigenvalue weighted by atomic mass is 16.5. The van der Waals surface area contributed by atoms with Gasteiger partial charge in [-0.25, -0.2) is 4.79 Å². The molecule has 0 radical (unpaired) electrons. The van der Waals surface area contributed by atoms with E-state index in [0.717, 1.165) is 24.0 Å². The van der Waals surface area contributed by atoms with Gasteiger partial charge in [0, 0.05) is 32.2 Å². The predicted molar refractivity (Wildman–Crippen MR) is 108 cm³/mol. The van der Waals surface area contributed by atoms with Crippen molar-refractivity contribution in [3.8, 4) is 0 Å². The number of rotatable bonds is 4. The van der Waals surface area contributed by atoms with Crippen LogP contribution >= 0.6 is 0 Å². The average Bonchev–Trinajstić information content (AvgIpc) is 2.70. The molecule has 2 fully saturated rings. The van der Waals surface area contributed by atoms with Crippen LogP contribution in [0.25, 0.3) is 0 Å². The molecule has 3 amide bonds. The summed E-state index contributed by atoms with van der Waals surface area (Å²) in [7, 11) is 3.86. The summed E-state index contributed by atoms with van der Waals surface area (Å²) in [6.45, 7) is 5.95. The lowest BCUT2D eigenvalue weighted by Gasteiger charge is -2.37. The zero-order chi connectivity index (χ0) is 20.1. The van der Waals surface area contributed by atoms with Crippen molar-refractivity contribution in [3.05, 3.63) is 35.4 Å². The van der Waals surface area contributed by atoms with Gasteiger partial charge in [-0.1, -0.05) is 24.3 Å². The first-order chi connectivity index (χ1) is 13.5. The van der Waals surface area contributed by atoms with Gasteiger partial charge < -0.3 is 19.9 Å². The van der Waals surface area contributed by atoms with Gasteiger partial charge in [0.1, 0.15) is 6.04 Å². The quantitative estimate of drug-likeness (QED) is 0.852. The van der Waals surface area contributed by atoms with Crippen LogP contribution in [0.2, 0.25) is 0 Å². The van der Waals surface area contributed by atoms with Crippen LogP contribution in [-0.4, -0.2) is 86.2 Å². The maximum absolute atomic E-state index is 13.0. The third kappa shape index (κ3) is 4.83. The van der Waals surface area contributed by atoms with Gasteiger partial charge in [0.25, 0.3) is 0 Å². The Kier molecular flexibility index (Phi) is 6.91. The maximum atomic E-state index is 13.0. The molecule has 0 spiro atoms. The van der Waals surface area contributed by atoms with Crippen molar-refractivity contribution in [1.82, 2.24) is 20.0 Å². The minimum absolute atomic E-state index is 0.0252. The first kappa shape index (κ1) is 20.6. The smallest absolute Gasteiger partial charge is 0.320 e. The summed E-state index contributed by atoms with van der Waals surface area (Å²) in [5, 5.41) is 3.21. The van der Waals surface area contributed by atoms with Gasteiger partial charge in [-0.05, 0) is 45.0 Å². The first-order valence-corrected chi connectivity index (χ1v) is 10.1. The summed E-state index contributed by atoms with van der Waals surface area (Å²) in [5.41, 5.74) is 2.15. The van der Waals surface area contributed by atoms with Crippen molar-refractivity contribution in [2.45, 2.75) is 31.8 Å². The number of amides is 3. The normalized spacial score (nSPS) is 19.6. The minimum atomic E-state index is -0.311. The van der Waals surface area contributed by atoms with Gasteiger partial charge in [-0.2, -0.15) is 0 Å². The number of piperidine rings is 1. The molecule has 28 heavy (non-hydrogen) atoms. The Morgan fingerprint density at radius 2 is 1.68 bits per heavy atom. The molecule has 7 heteroatoms. The van der Waals surface area contributed by atoms with Crippen LogP contribution in [-0.2, 0) is 9.53 Å². The largest absolute Gasteiger partial charge is 0.378 e. The monoisotopic (exact) mass is 388 g/mol. The van der Waals surface area contributed by atoms with Crippen molar-refractivity contribution < 1.29 is 14.3 Å². The highest BCUT2D eigenvalue weighted by molar-refractivity contribution is 5.84. The van der Waals surface area contributed by atoms with Crippen molar-refractivity contribution >= 4 is 11.9 Å². The van der Waals surface area contributed by atoms with E-state index in [0.29, 0.717) is 39.4 Å². The third-order valence-corrected chi connectivity index (χ3v) is 5.64. The number of benzene rings is 1. The second-order valence-electron chi connectivity index (χ2n) is 7.87. The fourth-order valence-corrected chi connectivity index (χ4v) is 4.00. The maximum Gasteiger partial charge on any atom is 0.320 e. The Bertz CT molecular complexity index is 680. The molecule has 1 aromatic carbocycles. The van der Waals surface area contributed by atoms with Gasteiger partial charge >= 0.3 is 6.03 Å². The Hall–Kier alpha value is -2.12. The molecule has 1 atom stereocenters. The summed E-state index contributed by atoms with van der Waals surface area (Å²) >= 11 is 0. The van der Waals surface area contributed by atoms with Gasteiger partial charge in [0.15, 0.2) is 0 Å². The SMILES string of the molecule is Cc1ccccc1[C@@H](C(=O)NC1CCN(C(=O)N2CCOCC2)CC1)N(C)C. The second kappa shape index (κ2) is 9.39. The number of carbonyl (C=O) groups is 2. The van der Waals surface area contributed by atoms with Crippen molar-refractivity contribution in [2.75, 3.05) is 53.5 Å². The van der Waals surface area contributed by atoms with Crippen LogP contribution < -0.4 is 5.32 Å². The van der Waals surface area contributed by atoms with Gasteiger partial charge in [-0.15, -0.1) is 0 Å². The molecule has 154 valence electrons. The number of carbonyl (C=O) groups excluding carboxylic acids is 2.